The summed E-state index contributed by atoms with van der Waals surface area (Å²) in [6.07, 6.45) is 8.26. The minimum Gasteiger partial charge on any atom is -0.352 e. The molecule has 10 nitrogen and oxygen atoms in total. The van der Waals surface area contributed by atoms with Gasteiger partial charge in [0.1, 0.15) is 17.5 Å². The van der Waals surface area contributed by atoms with Gasteiger partial charge in [-0.3, -0.25) is 19.3 Å². The lowest BCUT2D eigenvalue weighted by Gasteiger charge is -2.39. The summed E-state index contributed by atoms with van der Waals surface area (Å²) >= 11 is 1.82. The molecule has 5 aromatic rings. The summed E-state index contributed by atoms with van der Waals surface area (Å²) < 4.78 is 14.6. The van der Waals surface area contributed by atoms with Gasteiger partial charge in [-0.25, -0.2) is 14.4 Å². The lowest BCUT2D eigenvalue weighted by Crippen LogP contribution is -2.53. The normalized spacial score (nSPS) is 18.3. The second kappa shape index (κ2) is 19.7. The van der Waals surface area contributed by atoms with Crippen molar-refractivity contribution in [2.24, 2.45) is 0 Å². The quantitative estimate of drug-likeness (QED) is 0.154. The molecule has 4 aliphatic rings. The maximum absolute atomic E-state index is 14.6. The van der Waals surface area contributed by atoms with Gasteiger partial charge in [-0.1, -0.05) is 88.4 Å². The van der Waals surface area contributed by atoms with Gasteiger partial charge < -0.3 is 19.6 Å². The highest BCUT2D eigenvalue weighted by Crippen LogP contribution is 2.40. The topological polar surface area (TPSA) is 93.2 Å². The number of rotatable bonds is 7. The van der Waals surface area contributed by atoms with Crippen molar-refractivity contribution in [1.29, 1.82) is 0 Å². The number of anilines is 1. The maximum Gasteiger partial charge on any atom is 0.246 e. The van der Waals surface area contributed by atoms with E-state index in [1.165, 1.54) is 57.8 Å². The van der Waals surface area contributed by atoms with Crippen LogP contribution in [0.1, 0.15) is 73.3 Å². The largest absolute Gasteiger partial charge is 0.352 e. The molecular formula is C48H56FN7O3S. The zero-order valence-electron chi connectivity index (χ0n) is 34.9. The molecule has 5 heterocycles. The predicted molar refractivity (Wildman–Crippen MR) is 240 cm³/mol. The van der Waals surface area contributed by atoms with E-state index in [4.69, 9.17) is 4.98 Å². The molecule has 1 atom stereocenters. The van der Waals surface area contributed by atoms with Crippen molar-refractivity contribution in [3.63, 3.8) is 0 Å². The monoisotopic (exact) mass is 829 g/mol. The van der Waals surface area contributed by atoms with Crippen LogP contribution in [0, 0.1) is 5.82 Å². The van der Waals surface area contributed by atoms with Crippen LogP contribution in [0.25, 0.3) is 21.7 Å². The van der Waals surface area contributed by atoms with Gasteiger partial charge in [0, 0.05) is 69.7 Å². The first-order valence-electron chi connectivity index (χ1n) is 21.4. The third-order valence-corrected chi connectivity index (χ3v) is 13.1. The first-order chi connectivity index (χ1) is 29.3. The van der Waals surface area contributed by atoms with Crippen molar-refractivity contribution in [3.8, 4) is 0 Å². The van der Waals surface area contributed by atoms with Crippen LogP contribution in [0.4, 0.5) is 10.2 Å². The molecule has 0 spiro atoms. The van der Waals surface area contributed by atoms with E-state index in [1.807, 2.05) is 36.2 Å². The van der Waals surface area contributed by atoms with Gasteiger partial charge >= 0.3 is 0 Å². The zero-order chi connectivity index (χ0) is 42.2. The van der Waals surface area contributed by atoms with E-state index >= 15 is 0 Å². The second-order valence-corrected chi connectivity index (χ2v) is 16.4. The average Bonchev–Trinajstić information content (AvgIpc) is 4.03. The van der Waals surface area contributed by atoms with Crippen molar-refractivity contribution in [1.82, 2.24) is 29.6 Å². The molecule has 314 valence electrons. The minimum atomic E-state index is -0.292. The third-order valence-electron chi connectivity index (χ3n) is 12.1. The molecule has 0 bridgehead atoms. The number of benzene rings is 3. The van der Waals surface area contributed by atoms with Crippen LogP contribution in [-0.4, -0.2) is 113 Å². The second-order valence-electron chi connectivity index (χ2n) is 15.4. The minimum absolute atomic E-state index is 0.0602. The van der Waals surface area contributed by atoms with Gasteiger partial charge in [0.2, 0.25) is 17.7 Å². The lowest BCUT2D eigenvalue weighted by atomic mass is 9.90. The van der Waals surface area contributed by atoms with Crippen molar-refractivity contribution in [2.75, 3.05) is 70.3 Å². The van der Waals surface area contributed by atoms with E-state index in [-0.39, 0.29) is 29.6 Å². The Kier molecular flexibility index (Phi) is 14.0. The fourth-order valence-electron chi connectivity index (χ4n) is 8.97. The van der Waals surface area contributed by atoms with Crippen LogP contribution in [0.3, 0.4) is 0 Å². The Labute approximate surface area is 357 Å². The van der Waals surface area contributed by atoms with E-state index < -0.39 is 0 Å². The Morgan fingerprint density at radius 1 is 0.750 bits per heavy atom. The summed E-state index contributed by atoms with van der Waals surface area (Å²) in [5, 5.41) is 5.12. The van der Waals surface area contributed by atoms with Crippen molar-refractivity contribution in [2.45, 2.75) is 57.9 Å². The van der Waals surface area contributed by atoms with E-state index in [9.17, 15) is 18.8 Å². The van der Waals surface area contributed by atoms with E-state index in [1.54, 1.807) is 15.9 Å². The first kappa shape index (κ1) is 42.7. The number of halogens is 1. The predicted octanol–water partition coefficient (Wildman–Crippen LogP) is 7.99. The molecule has 3 fully saturated rings. The van der Waals surface area contributed by atoms with Gasteiger partial charge in [-0.2, -0.15) is 0 Å². The molecular weight excluding hydrogens is 774 g/mol. The Morgan fingerprint density at radius 3 is 2.08 bits per heavy atom. The van der Waals surface area contributed by atoms with Crippen LogP contribution >= 0.6 is 11.3 Å². The van der Waals surface area contributed by atoms with Crippen LogP contribution < -0.4 is 4.90 Å². The molecule has 0 N–H and O–H groups in total. The number of carbonyl (C=O) groups excluding carboxylic acids is 3. The highest BCUT2D eigenvalue weighted by atomic mass is 32.1. The van der Waals surface area contributed by atoms with Gasteiger partial charge in [-0.15, -0.1) is 11.3 Å². The molecule has 1 unspecified atom stereocenters. The molecule has 12 heteroatoms. The van der Waals surface area contributed by atoms with E-state index in [0.29, 0.717) is 81.5 Å². The van der Waals surface area contributed by atoms with Gasteiger partial charge in [0.25, 0.3) is 0 Å². The van der Waals surface area contributed by atoms with Crippen LogP contribution in [-0.2, 0) is 20.8 Å². The first-order valence-corrected chi connectivity index (χ1v) is 22.3. The number of piperazine rings is 2. The Morgan fingerprint density at radius 2 is 1.38 bits per heavy atom. The van der Waals surface area contributed by atoms with Gasteiger partial charge in [-0.05, 0) is 76.9 Å². The fourth-order valence-corrected chi connectivity index (χ4v) is 9.88. The van der Waals surface area contributed by atoms with E-state index in [0.717, 1.165) is 31.6 Å². The third kappa shape index (κ3) is 9.14. The number of nitrogens with zero attached hydrogens (tertiary/aromatic N) is 7. The van der Waals surface area contributed by atoms with E-state index in [2.05, 4.69) is 81.9 Å². The van der Waals surface area contributed by atoms with Crippen LogP contribution in [0.5, 0.6) is 0 Å². The smallest absolute Gasteiger partial charge is 0.246 e. The molecule has 3 amide bonds. The molecule has 0 radical (unpaired) electrons. The van der Waals surface area contributed by atoms with Gasteiger partial charge in [0.15, 0.2) is 0 Å². The molecule has 9 rings (SSSR count). The van der Waals surface area contributed by atoms with Crippen LogP contribution in [0.15, 0.2) is 97.4 Å². The molecule has 3 aliphatic heterocycles. The van der Waals surface area contributed by atoms with Crippen LogP contribution in [0.2, 0.25) is 0 Å². The molecule has 2 saturated heterocycles. The SMILES string of the molecule is C=CC(=O)N1CCN(C(=O)CN2CCc3sccc3C2c2cccc3ccccc23)CC1.C=CC(=O)N1CCN(c2nc(C3CCCC3)nc3cccc(F)c23)CC1.CC. The van der Waals surface area contributed by atoms with Gasteiger partial charge in [0.05, 0.1) is 23.5 Å². The highest BCUT2D eigenvalue weighted by Gasteiger charge is 2.34. The summed E-state index contributed by atoms with van der Waals surface area (Å²) in [4.78, 5) is 57.7. The Hall–Kier alpha value is -5.46. The zero-order valence-corrected chi connectivity index (χ0v) is 35.7. The Balaban J connectivity index is 0.000000178. The number of carbonyl (C=O) groups is 3. The molecule has 3 aromatic carbocycles. The molecule has 60 heavy (non-hydrogen) atoms. The number of fused-ring (bicyclic) bond motifs is 3. The fraction of sp³-hybridized carbons (Fsp3) is 0.396. The van der Waals surface area contributed by atoms with Crippen molar-refractivity contribution >= 4 is 56.6 Å². The number of aromatic nitrogens is 2. The summed E-state index contributed by atoms with van der Waals surface area (Å²) in [6, 6.07) is 22.3. The van der Waals surface area contributed by atoms with Crippen molar-refractivity contribution < 1.29 is 18.8 Å². The molecule has 1 saturated carbocycles. The standard InChI is InChI=1S/C26H27N3O2S.C20H23FN4O.C2H6/c1-2-24(30)27-13-15-28(16-14-27)25(31)18-29-12-10-23-22(11-17-32-23)26(29)21-9-5-7-19-6-3-4-8-20(19)21;1-2-17(26)24-10-12-25(13-11-24)20-18-15(21)8-5-9-16(18)22-19(23-20)14-6-3-4-7-14;1-2/h2-9,11,17,26H,1,10,12-16,18H2;2,5,8-9,14H,1,3-4,6-7,10-13H2;1-2H3. The molecule has 2 aromatic heterocycles. The summed E-state index contributed by atoms with van der Waals surface area (Å²) in [7, 11) is 0. The highest BCUT2D eigenvalue weighted by molar-refractivity contribution is 7.10. The summed E-state index contributed by atoms with van der Waals surface area (Å²) in [6.45, 7) is 17.1. The number of thiophene rings is 1. The number of amides is 3. The lowest BCUT2D eigenvalue weighted by molar-refractivity contribution is -0.138. The van der Waals surface area contributed by atoms with Crippen molar-refractivity contribution in [3.05, 3.63) is 125 Å². The maximum atomic E-state index is 14.6. The summed E-state index contributed by atoms with van der Waals surface area (Å²) in [5.41, 5.74) is 3.25. The Bertz CT molecular complexity index is 2320. The molecule has 1 aliphatic carbocycles. The average molecular weight is 830 g/mol. The number of hydrogen-bond acceptors (Lipinski definition) is 8. The summed E-state index contributed by atoms with van der Waals surface area (Å²) in [5.74, 6) is 1.59. The number of hydrogen-bond donors (Lipinski definition) is 0.